The summed E-state index contributed by atoms with van der Waals surface area (Å²) >= 11 is 0. The number of benzene rings is 2. The minimum atomic E-state index is -0.335. The molecule has 1 amide bonds. The van der Waals surface area contributed by atoms with Gasteiger partial charge >= 0.3 is 5.97 Å². The molecule has 1 N–H and O–H groups in total. The second-order valence-corrected chi connectivity index (χ2v) is 7.55. The zero-order chi connectivity index (χ0) is 20.8. The highest BCUT2D eigenvalue weighted by molar-refractivity contribution is 5.83. The maximum absolute atomic E-state index is 12.3. The van der Waals surface area contributed by atoms with E-state index in [2.05, 4.69) is 17.1 Å². The van der Waals surface area contributed by atoms with Crippen LogP contribution < -0.4 is 0 Å². The van der Waals surface area contributed by atoms with Crippen molar-refractivity contribution in [2.24, 2.45) is 0 Å². The van der Waals surface area contributed by atoms with Gasteiger partial charge in [0.25, 0.3) is 5.91 Å². The summed E-state index contributed by atoms with van der Waals surface area (Å²) in [6.07, 6.45) is 3.77. The van der Waals surface area contributed by atoms with E-state index in [-0.39, 0.29) is 18.5 Å². The molecule has 152 valence electrons. The number of aromatic amines is 1. The maximum Gasteiger partial charge on any atom is 0.306 e. The number of esters is 1. The molecule has 3 aromatic rings. The van der Waals surface area contributed by atoms with E-state index in [0.29, 0.717) is 19.4 Å². The van der Waals surface area contributed by atoms with Crippen molar-refractivity contribution < 1.29 is 14.3 Å². The molecule has 1 aromatic heterocycles. The minimum Gasteiger partial charge on any atom is -0.456 e. The number of nitrogens with one attached hydrogen (secondary N) is 1. The number of ether oxygens (including phenoxy) is 1. The Balaban J connectivity index is 1.41. The van der Waals surface area contributed by atoms with Crippen LogP contribution in [0.1, 0.15) is 35.1 Å². The highest BCUT2D eigenvalue weighted by atomic mass is 16.5. The van der Waals surface area contributed by atoms with E-state index in [0.717, 1.165) is 23.1 Å². The molecule has 0 spiro atoms. The van der Waals surface area contributed by atoms with Crippen LogP contribution in [0.15, 0.2) is 48.7 Å². The standard InChI is InChI=1S/C24H28N2O3/c1-17-11-12-20(18(2)13-17)15-26(3)23(27)16-29-24(28)10-6-7-19-14-25-22-9-5-4-8-21(19)22/h4-5,8-9,11-14,25H,6-7,10,15-16H2,1-3H3. The van der Waals surface area contributed by atoms with E-state index in [1.165, 1.54) is 16.5 Å². The fraction of sp³-hybridized carbons (Fsp3) is 0.333. The van der Waals surface area contributed by atoms with Crippen molar-refractivity contribution in [2.45, 2.75) is 39.7 Å². The van der Waals surface area contributed by atoms with Gasteiger partial charge in [0.15, 0.2) is 6.61 Å². The highest BCUT2D eigenvalue weighted by Crippen LogP contribution is 2.19. The average molecular weight is 392 g/mol. The number of likely N-dealkylation sites (N-methyl/N-ethyl adjacent to an activating group) is 1. The van der Waals surface area contributed by atoms with Gasteiger partial charge in [0.2, 0.25) is 0 Å². The third-order valence-electron chi connectivity index (χ3n) is 5.19. The molecule has 0 radical (unpaired) electrons. The Morgan fingerprint density at radius 1 is 1.07 bits per heavy atom. The first-order chi connectivity index (χ1) is 13.9. The van der Waals surface area contributed by atoms with E-state index in [9.17, 15) is 9.59 Å². The number of amides is 1. The molecule has 2 aromatic carbocycles. The fourth-order valence-electron chi connectivity index (χ4n) is 3.45. The topological polar surface area (TPSA) is 62.4 Å². The molecule has 0 unspecified atom stereocenters. The Hall–Kier alpha value is -3.08. The Morgan fingerprint density at radius 2 is 1.86 bits per heavy atom. The summed E-state index contributed by atoms with van der Waals surface area (Å²) < 4.78 is 5.18. The zero-order valence-electron chi connectivity index (χ0n) is 17.3. The average Bonchev–Trinajstić information content (AvgIpc) is 3.11. The molecule has 0 fully saturated rings. The number of nitrogens with zero attached hydrogens (tertiary/aromatic N) is 1. The summed E-state index contributed by atoms with van der Waals surface area (Å²) in [4.78, 5) is 29.1. The van der Waals surface area contributed by atoms with Crippen molar-refractivity contribution in [3.05, 3.63) is 70.9 Å². The number of rotatable bonds is 8. The van der Waals surface area contributed by atoms with Gasteiger partial charge in [-0.05, 0) is 49.4 Å². The fourth-order valence-corrected chi connectivity index (χ4v) is 3.45. The number of H-pyrrole nitrogens is 1. The predicted octanol–water partition coefficient (Wildman–Crippen LogP) is 4.31. The van der Waals surface area contributed by atoms with Gasteiger partial charge in [-0.2, -0.15) is 0 Å². The van der Waals surface area contributed by atoms with Crippen LogP contribution in [0.2, 0.25) is 0 Å². The SMILES string of the molecule is Cc1ccc(CN(C)C(=O)COC(=O)CCCc2c[nH]c3ccccc23)c(C)c1. The van der Waals surface area contributed by atoms with Gasteiger partial charge in [-0.3, -0.25) is 9.59 Å². The van der Waals surface area contributed by atoms with Crippen LogP contribution >= 0.6 is 0 Å². The number of carbonyl (C=O) groups excluding carboxylic acids is 2. The number of fused-ring (bicyclic) bond motifs is 1. The maximum atomic E-state index is 12.3. The van der Waals surface area contributed by atoms with Gasteiger partial charge in [0.1, 0.15) is 0 Å². The molecule has 0 bridgehead atoms. The molecule has 0 aliphatic rings. The van der Waals surface area contributed by atoms with Gasteiger partial charge in [0, 0.05) is 37.1 Å². The molecule has 0 saturated heterocycles. The number of hydrogen-bond donors (Lipinski definition) is 1. The first kappa shape index (κ1) is 20.6. The van der Waals surface area contributed by atoms with Crippen molar-refractivity contribution in [3.8, 4) is 0 Å². The summed E-state index contributed by atoms with van der Waals surface area (Å²) in [6.45, 7) is 4.37. The summed E-state index contributed by atoms with van der Waals surface area (Å²) in [5.74, 6) is -0.534. The molecule has 5 nitrogen and oxygen atoms in total. The van der Waals surface area contributed by atoms with Gasteiger partial charge < -0.3 is 14.6 Å². The van der Waals surface area contributed by atoms with E-state index in [1.54, 1.807) is 11.9 Å². The van der Waals surface area contributed by atoms with Crippen molar-refractivity contribution in [1.82, 2.24) is 9.88 Å². The van der Waals surface area contributed by atoms with Crippen molar-refractivity contribution >= 4 is 22.8 Å². The van der Waals surface area contributed by atoms with Crippen LogP contribution in [0, 0.1) is 13.8 Å². The molecule has 0 saturated carbocycles. The van der Waals surface area contributed by atoms with Crippen LogP contribution in [0.4, 0.5) is 0 Å². The lowest BCUT2D eigenvalue weighted by molar-refractivity contribution is -0.151. The van der Waals surface area contributed by atoms with Crippen LogP contribution in [0.3, 0.4) is 0 Å². The zero-order valence-corrected chi connectivity index (χ0v) is 17.3. The highest BCUT2D eigenvalue weighted by Gasteiger charge is 2.14. The van der Waals surface area contributed by atoms with Crippen molar-refractivity contribution in [2.75, 3.05) is 13.7 Å². The largest absolute Gasteiger partial charge is 0.456 e. The number of aryl methyl sites for hydroxylation is 3. The van der Waals surface area contributed by atoms with E-state index >= 15 is 0 Å². The van der Waals surface area contributed by atoms with Crippen LogP contribution in [0.25, 0.3) is 10.9 Å². The predicted molar refractivity (Wildman–Crippen MR) is 115 cm³/mol. The number of carbonyl (C=O) groups is 2. The van der Waals surface area contributed by atoms with Crippen LogP contribution in [-0.4, -0.2) is 35.4 Å². The van der Waals surface area contributed by atoms with Gasteiger partial charge in [0.05, 0.1) is 0 Å². The third-order valence-corrected chi connectivity index (χ3v) is 5.19. The number of aromatic nitrogens is 1. The van der Waals surface area contributed by atoms with Gasteiger partial charge in [-0.1, -0.05) is 42.0 Å². The first-order valence-electron chi connectivity index (χ1n) is 9.95. The summed E-state index contributed by atoms with van der Waals surface area (Å²) in [7, 11) is 1.73. The Bertz CT molecular complexity index is 1010. The lowest BCUT2D eigenvalue weighted by Crippen LogP contribution is -2.31. The quantitative estimate of drug-likeness (QED) is 0.581. The Labute approximate surface area is 171 Å². The molecule has 0 atom stereocenters. The van der Waals surface area contributed by atoms with Gasteiger partial charge in [-0.25, -0.2) is 0 Å². The van der Waals surface area contributed by atoms with Crippen molar-refractivity contribution in [3.63, 3.8) is 0 Å². The number of para-hydroxylation sites is 1. The third kappa shape index (κ3) is 5.47. The summed E-state index contributed by atoms with van der Waals surface area (Å²) in [6, 6.07) is 14.3. The molecule has 3 rings (SSSR count). The van der Waals surface area contributed by atoms with Gasteiger partial charge in [-0.15, -0.1) is 0 Å². The van der Waals surface area contributed by atoms with E-state index < -0.39 is 0 Å². The Kier molecular flexibility index (Phi) is 6.70. The van der Waals surface area contributed by atoms with Crippen LogP contribution in [0.5, 0.6) is 0 Å². The first-order valence-corrected chi connectivity index (χ1v) is 9.95. The molecule has 0 aliphatic heterocycles. The van der Waals surface area contributed by atoms with E-state index in [1.807, 2.05) is 50.4 Å². The minimum absolute atomic E-state index is 0.199. The van der Waals surface area contributed by atoms with Crippen molar-refractivity contribution in [1.29, 1.82) is 0 Å². The molecular formula is C24H28N2O3. The second kappa shape index (κ2) is 9.41. The lowest BCUT2D eigenvalue weighted by atomic mass is 10.1. The molecule has 0 aliphatic carbocycles. The Morgan fingerprint density at radius 3 is 2.66 bits per heavy atom. The van der Waals surface area contributed by atoms with Crippen LogP contribution in [-0.2, 0) is 27.3 Å². The normalized spacial score (nSPS) is 10.9. The monoisotopic (exact) mass is 392 g/mol. The summed E-state index contributed by atoms with van der Waals surface area (Å²) in [5, 5.41) is 1.18. The summed E-state index contributed by atoms with van der Waals surface area (Å²) in [5.41, 5.74) is 5.73. The molecular weight excluding hydrogens is 364 g/mol. The lowest BCUT2D eigenvalue weighted by Gasteiger charge is -2.18. The second-order valence-electron chi connectivity index (χ2n) is 7.55. The molecule has 29 heavy (non-hydrogen) atoms. The number of hydrogen-bond acceptors (Lipinski definition) is 3. The molecule has 1 heterocycles. The molecule has 5 heteroatoms. The van der Waals surface area contributed by atoms with E-state index in [4.69, 9.17) is 4.74 Å². The smallest absolute Gasteiger partial charge is 0.306 e.